The fraction of sp³-hybridized carbons (Fsp3) is 0.545. The Hall–Kier alpha value is -1.69. The van der Waals surface area contributed by atoms with Crippen molar-refractivity contribution in [2.24, 2.45) is 5.73 Å². The molecular weight excluding hydrogens is 218 g/mol. The highest BCUT2D eigenvalue weighted by Crippen LogP contribution is 2.10. The van der Waals surface area contributed by atoms with E-state index in [4.69, 9.17) is 5.73 Å². The second-order valence-electron chi connectivity index (χ2n) is 4.11. The van der Waals surface area contributed by atoms with E-state index in [9.17, 15) is 4.79 Å². The summed E-state index contributed by atoms with van der Waals surface area (Å²) >= 11 is 0. The molecule has 0 fully saturated rings. The number of carbonyl (C=O) groups excluding carboxylic acids is 1. The van der Waals surface area contributed by atoms with Crippen molar-refractivity contribution in [3.63, 3.8) is 0 Å². The molecule has 1 aliphatic carbocycles. The van der Waals surface area contributed by atoms with Crippen LogP contribution in [0.25, 0.3) is 0 Å². The molecule has 0 radical (unpaired) electrons. The van der Waals surface area contributed by atoms with Crippen molar-refractivity contribution >= 4 is 5.91 Å². The zero-order valence-corrected chi connectivity index (χ0v) is 9.67. The second-order valence-corrected chi connectivity index (χ2v) is 4.11. The van der Waals surface area contributed by atoms with Gasteiger partial charge in [0.2, 0.25) is 0 Å². The summed E-state index contributed by atoms with van der Waals surface area (Å²) in [5.41, 5.74) is 5.75. The van der Waals surface area contributed by atoms with Crippen LogP contribution in [-0.2, 0) is 6.54 Å². The monoisotopic (exact) mass is 235 g/mol. The Morgan fingerprint density at radius 2 is 2.47 bits per heavy atom. The maximum absolute atomic E-state index is 11.8. The minimum Gasteiger partial charge on any atom is -0.348 e. The molecule has 1 atom stereocenters. The van der Waals surface area contributed by atoms with Crippen LogP contribution in [0.5, 0.6) is 0 Å². The van der Waals surface area contributed by atoms with Crippen LogP contribution in [0.4, 0.5) is 0 Å². The van der Waals surface area contributed by atoms with Gasteiger partial charge in [0.25, 0.3) is 5.91 Å². The number of rotatable bonds is 4. The Morgan fingerprint density at radius 1 is 1.59 bits per heavy atom. The second kappa shape index (κ2) is 5.58. The summed E-state index contributed by atoms with van der Waals surface area (Å²) in [5, 5.41) is 10.6. The predicted octanol–water partition coefficient (Wildman–Crippen LogP) is 0.0753. The highest BCUT2D eigenvalue weighted by molar-refractivity contribution is 5.92. The van der Waals surface area contributed by atoms with Gasteiger partial charge in [0.1, 0.15) is 0 Å². The molecule has 3 N–H and O–H groups in total. The van der Waals surface area contributed by atoms with Gasteiger partial charge in [0, 0.05) is 12.6 Å². The Morgan fingerprint density at radius 3 is 3.18 bits per heavy atom. The number of nitrogens with one attached hydrogen (secondary N) is 1. The number of hydrogen-bond acceptors (Lipinski definition) is 4. The summed E-state index contributed by atoms with van der Waals surface area (Å²) in [4.78, 5) is 11.8. The average molecular weight is 235 g/mol. The predicted molar refractivity (Wildman–Crippen MR) is 63.3 cm³/mol. The third kappa shape index (κ3) is 3.13. The molecule has 6 nitrogen and oxygen atoms in total. The minimum atomic E-state index is -0.159. The minimum absolute atomic E-state index is 0.159. The number of aromatic nitrogens is 3. The summed E-state index contributed by atoms with van der Waals surface area (Å²) in [6, 6.07) is 0.215. The van der Waals surface area contributed by atoms with Gasteiger partial charge in [-0.2, -0.15) is 0 Å². The fourth-order valence-corrected chi connectivity index (χ4v) is 1.83. The number of nitrogens with two attached hydrogens (primary N) is 1. The van der Waals surface area contributed by atoms with E-state index in [1.165, 1.54) is 0 Å². The van der Waals surface area contributed by atoms with Crippen molar-refractivity contribution in [2.75, 3.05) is 6.54 Å². The Balaban J connectivity index is 1.91. The van der Waals surface area contributed by atoms with Crippen molar-refractivity contribution in [3.8, 4) is 0 Å². The first-order valence-corrected chi connectivity index (χ1v) is 5.85. The first-order valence-electron chi connectivity index (χ1n) is 5.85. The fourth-order valence-electron chi connectivity index (χ4n) is 1.83. The third-order valence-electron chi connectivity index (χ3n) is 2.73. The summed E-state index contributed by atoms with van der Waals surface area (Å²) in [6.45, 7) is 1.06. The van der Waals surface area contributed by atoms with E-state index in [-0.39, 0.29) is 11.9 Å². The van der Waals surface area contributed by atoms with E-state index in [0.717, 1.165) is 19.3 Å². The maximum atomic E-state index is 11.8. The first kappa shape index (κ1) is 11.8. The Kier molecular flexibility index (Phi) is 3.87. The molecule has 0 saturated carbocycles. The quantitative estimate of drug-likeness (QED) is 0.723. The van der Waals surface area contributed by atoms with Crippen LogP contribution in [0.3, 0.4) is 0 Å². The molecule has 0 saturated heterocycles. The lowest BCUT2D eigenvalue weighted by atomic mass is 10.0. The summed E-state index contributed by atoms with van der Waals surface area (Å²) in [7, 11) is 0. The van der Waals surface area contributed by atoms with Crippen LogP contribution in [0, 0.1) is 0 Å². The normalized spacial score (nSPS) is 19.2. The molecule has 0 bridgehead atoms. The van der Waals surface area contributed by atoms with E-state index in [1.807, 2.05) is 0 Å². The molecule has 6 heteroatoms. The largest absolute Gasteiger partial charge is 0.348 e. The number of amides is 1. The summed E-state index contributed by atoms with van der Waals surface area (Å²) in [5.74, 6) is -0.159. The lowest BCUT2D eigenvalue weighted by Gasteiger charge is -2.18. The Labute approximate surface area is 99.9 Å². The molecular formula is C11H17N5O. The van der Waals surface area contributed by atoms with Crippen molar-refractivity contribution < 1.29 is 4.79 Å². The zero-order valence-electron chi connectivity index (χ0n) is 9.67. The van der Waals surface area contributed by atoms with Gasteiger partial charge < -0.3 is 11.1 Å². The standard InChI is InChI=1S/C11H17N5O/c12-6-7-16-8-10(14-15-16)11(17)13-9-4-2-1-3-5-9/h1-2,8-9H,3-7,12H2,(H,13,17). The smallest absolute Gasteiger partial charge is 0.273 e. The molecule has 1 aliphatic rings. The molecule has 2 rings (SSSR count). The number of allylic oxidation sites excluding steroid dienone is 1. The number of carbonyl (C=O) groups is 1. The van der Waals surface area contributed by atoms with E-state index in [2.05, 4.69) is 27.8 Å². The van der Waals surface area contributed by atoms with Gasteiger partial charge >= 0.3 is 0 Å². The molecule has 0 aromatic carbocycles. The number of nitrogens with zero attached hydrogens (tertiary/aromatic N) is 3. The van der Waals surface area contributed by atoms with Crippen LogP contribution in [0.15, 0.2) is 18.3 Å². The van der Waals surface area contributed by atoms with Gasteiger partial charge in [-0.15, -0.1) is 5.10 Å². The molecule has 1 aromatic rings. The first-order chi connectivity index (χ1) is 8.29. The molecule has 1 unspecified atom stereocenters. The van der Waals surface area contributed by atoms with E-state index in [1.54, 1.807) is 10.9 Å². The SMILES string of the molecule is NCCn1cc(C(=O)NC2CC=CCC2)nn1. The van der Waals surface area contributed by atoms with Crippen LogP contribution in [0.2, 0.25) is 0 Å². The molecule has 17 heavy (non-hydrogen) atoms. The lowest BCUT2D eigenvalue weighted by Crippen LogP contribution is -2.35. The van der Waals surface area contributed by atoms with Crippen LogP contribution in [-0.4, -0.2) is 33.5 Å². The van der Waals surface area contributed by atoms with Crippen LogP contribution >= 0.6 is 0 Å². The van der Waals surface area contributed by atoms with Crippen molar-refractivity contribution in [2.45, 2.75) is 31.8 Å². The number of hydrogen-bond donors (Lipinski definition) is 2. The molecule has 0 aliphatic heterocycles. The summed E-state index contributed by atoms with van der Waals surface area (Å²) < 4.78 is 1.58. The highest BCUT2D eigenvalue weighted by atomic mass is 16.2. The topological polar surface area (TPSA) is 85.8 Å². The van der Waals surface area contributed by atoms with Crippen molar-refractivity contribution in [1.82, 2.24) is 20.3 Å². The molecule has 0 spiro atoms. The molecule has 92 valence electrons. The van der Waals surface area contributed by atoms with Gasteiger partial charge in [-0.05, 0) is 19.3 Å². The third-order valence-corrected chi connectivity index (χ3v) is 2.73. The molecule has 1 amide bonds. The van der Waals surface area contributed by atoms with E-state index >= 15 is 0 Å². The highest BCUT2D eigenvalue weighted by Gasteiger charge is 2.16. The average Bonchev–Trinajstić information content (AvgIpc) is 2.79. The lowest BCUT2D eigenvalue weighted by molar-refractivity contribution is 0.0929. The van der Waals surface area contributed by atoms with Crippen molar-refractivity contribution in [1.29, 1.82) is 0 Å². The van der Waals surface area contributed by atoms with Gasteiger partial charge in [-0.1, -0.05) is 17.4 Å². The van der Waals surface area contributed by atoms with E-state index in [0.29, 0.717) is 18.8 Å². The molecule has 1 aromatic heterocycles. The zero-order chi connectivity index (χ0) is 12.1. The maximum Gasteiger partial charge on any atom is 0.273 e. The molecule has 1 heterocycles. The van der Waals surface area contributed by atoms with E-state index < -0.39 is 0 Å². The van der Waals surface area contributed by atoms with Crippen LogP contribution < -0.4 is 11.1 Å². The van der Waals surface area contributed by atoms with Gasteiger partial charge in [0.15, 0.2) is 5.69 Å². The van der Waals surface area contributed by atoms with Gasteiger partial charge in [0.05, 0.1) is 12.7 Å². The Bertz CT molecular complexity index is 412. The van der Waals surface area contributed by atoms with Crippen molar-refractivity contribution in [3.05, 3.63) is 24.0 Å². The van der Waals surface area contributed by atoms with Gasteiger partial charge in [-0.3, -0.25) is 9.48 Å². The van der Waals surface area contributed by atoms with Crippen LogP contribution in [0.1, 0.15) is 29.8 Å². The summed E-state index contributed by atoms with van der Waals surface area (Å²) in [6.07, 6.45) is 8.76. The van der Waals surface area contributed by atoms with Gasteiger partial charge in [-0.25, -0.2) is 0 Å².